The van der Waals surface area contributed by atoms with Crippen molar-refractivity contribution < 1.29 is 9.72 Å². The van der Waals surface area contributed by atoms with E-state index in [4.69, 9.17) is 0 Å². The molecule has 2 aromatic carbocycles. The first-order chi connectivity index (χ1) is 15.0. The SMILES string of the molecule is CN(Cc1ccccc1NC(=O)CCCNc1ccc([N+](=O)[O-])cc1)C1CCCCC1. The largest absolute Gasteiger partial charge is 0.385 e. The zero-order chi connectivity index (χ0) is 22.1. The van der Waals surface area contributed by atoms with E-state index < -0.39 is 4.92 Å². The van der Waals surface area contributed by atoms with Crippen molar-refractivity contribution in [1.82, 2.24) is 4.90 Å². The molecule has 7 nitrogen and oxygen atoms in total. The Labute approximate surface area is 184 Å². The fraction of sp³-hybridized carbons (Fsp3) is 0.458. The molecule has 0 unspecified atom stereocenters. The van der Waals surface area contributed by atoms with E-state index in [-0.39, 0.29) is 11.6 Å². The summed E-state index contributed by atoms with van der Waals surface area (Å²) in [7, 11) is 2.18. The van der Waals surface area contributed by atoms with Crippen LogP contribution in [0.5, 0.6) is 0 Å². The molecule has 1 aliphatic carbocycles. The number of carbonyl (C=O) groups excluding carboxylic acids is 1. The summed E-state index contributed by atoms with van der Waals surface area (Å²) >= 11 is 0. The van der Waals surface area contributed by atoms with Gasteiger partial charge in [0.15, 0.2) is 0 Å². The zero-order valence-corrected chi connectivity index (χ0v) is 18.2. The average Bonchev–Trinajstić information content (AvgIpc) is 2.79. The summed E-state index contributed by atoms with van der Waals surface area (Å²) in [4.78, 5) is 25.2. The van der Waals surface area contributed by atoms with E-state index in [0.29, 0.717) is 25.4 Å². The predicted octanol–water partition coefficient (Wildman–Crippen LogP) is 5.19. The third-order valence-electron chi connectivity index (χ3n) is 5.90. The van der Waals surface area contributed by atoms with Gasteiger partial charge in [0.2, 0.25) is 5.91 Å². The molecule has 3 rings (SSSR count). The number of nitro benzene ring substituents is 1. The van der Waals surface area contributed by atoms with Crippen molar-refractivity contribution in [2.75, 3.05) is 24.2 Å². The summed E-state index contributed by atoms with van der Waals surface area (Å²) in [6, 6.07) is 15.0. The van der Waals surface area contributed by atoms with Crippen molar-refractivity contribution in [2.45, 2.75) is 57.5 Å². The summed E-state index contributed by atoms with van der Waals surface area (Å²) in [6.07, 6.45) is 7.55. The third-order valence-corrected chi connectivity index (χ3v) is 5.90. The summed E-state index contributed by atoms with van der Waals surface area (Å²) < 4.78 is 0. The van der Waals surface area contributed by atoms with Crippen molar-refractivity contribution in [1.29, 1.82) is 0 Å². The maximum atomic E-state index is 12.5. The highest BCUT2D eigenvalue weighted by Gasteiger charge is 2.19. The number of carbonyl (C=O) groups is 1. The topological polar surface area (TPSA) is 87.5 Å². The van der Waals surface area contributed by atoms with E-state index in [1.807, 2.05) is 18.2 Å². The lowest BCUT2D eigenvalue weighted by Gasteiger charge is -2.31. The van der Waals surface area contributed by atoms with Gasteiger partial charge in [-0.2, -0.15) is 0 Å². The Morgan fingerprint density at radius 2 is 1.81 bits per heavy atom. The van der Waals surface area contributed by atoms with Gasteiger partial charge in [-0.1, -0.05) is 37.5 Å². The van der Waals surface area contributed by atoms with Gasteiger partial charge in [0, 0.05) is 49.1 Å². The smallest absolute Gasteiger partial charge is 0.269 e. The minimum absolute atomic E-state index is 0.00160. The molecule has 0 heterocycles. The molecular formula is C24H32N4O3. The molecule has 2 N–H and O–H groups in total. The zero-order valence-electron chi connectivity index (χ0n) is 18.2. The lowest BCUT2D eigenvalue weighted by atomic mass is 9.94. The highest BCUT2D eigenvalue weighted by Crippen LogP contribution is 2.25. The molecule has 0 saturated heterocycles. The molecule has 1 fully saturated rings. The van der Waals surface area contributed by atoms with Gasteiger partial charge in [-0.3, -0.25) is 19.8 Å². The quantitative estimate of drug-likeness (QED) is 0.311. The maximum Gasteiger partial charge on any atom is 0.269 e. The van der Waals surface area contributed by atoms with Crippen LogP contribution in [0.4, 0.5) is 17.1 Å². The minimum Gasteiger partial charge on any atom is -0.385 e. The number of nitrogens with zero attached hydrogens (tertiary/aromatic N) is 2. The first-order valence-electron chi connectivity index (χ1n) is 11.1. The summed E-state index contributed by atoms with van der Waals surface area (Å²) in [5, 5.41) is 17.0. The fourth-order valence-corrected chi connectivity index (χ4v) is 4.10. The van der Waals surface area contributed by atoms with E-state index in [2.05, 4.69) is 28.6 Å². The van der Waals surface area contributed by atoms with Crippen LogP contribution >= 0.6 is 0 Å². The number of non-ortho nitro benzene ring substituents is 1. The first kappa shape index (κ1) is 22.7. The molecule has 2 aromatic rings. The van der Waals surface area contributed by atoms with Crippen LogP contribution in [0.1, 0.15) is 50.5 Å². The molecule has 0 radical (unpaired) electrons. The van der Waals surface area contributed by atoms with Crippen molar-refractivity contribution in [3.63, 3.8) is 0 Å². The van der Waals surface area contributed by atoms with Crippen molar-refractivity contribution in [2.24, 2.45) is 0 Å². The molecular weight excluding hydrogens is 392 g/mol. The number of nitro groups is 1. The Kier molecular flexibility index (Phi) is 8.41. The number of rotatable bonds is 10. The maximum absolute atomic E-state index is 12.5. The van der Waals surface area contributed by atoms with E-state index in [1.54, 1.807) is 12.1 Å². The van der Waals surface area contributed by atoms with Crippen LogP contribution in [-0.2, 0) is 11.3 Å². The number of nitrogens with one attached hydrogen (secondary N) is 2. The molecule has 1 saturated carbocycles. The van der Waals surface area contributed by atoms with E-state index in [0.717, 1.165) is 23.5 Å². The number of hydrogen-bond acceptors (Lipinski definition) is 5. The summed E-state index contributed by atoms with van der Waals surface area (Å²) in [5.41, 5.74) is 2.91. The molecule has 1 aliphatic rings. The molecule has 0 aliphatic heterocycles. The van der Waals surface area contributed by atoms with Gasteiger partial charge < -0.3 is 10.6 Å². The van der Waals surface area contributed by atoms with Crippen LogP contribution in [0, 0.1) is 10.1 Å². The van der Waals surface area contributed by atoms with E-state index in [1.165, 1.54) is 44.2 Å². The fourth-order valence-electron chi connectivity index (χ4n) is 4.10. The monoisotopic (exact) mass is 424 g/mol. The predicted molar refractivity (Wildman–Crippen MR) is 124 cm³/mol. The second-order valence-electron chi connectivity index (χ2n) is 8.25. The second kappa shape index (κ2) is 11.5. The van der Waals surface area contributed by atoms with Crippen LogP contribution < -0.4 is 10.6 Å². The summed E-state index contributed by atoms with van der Waals surface area (Å²) in [6.45, 7) is 1.46. The Hall–Kier alpha value is -2.93. The molecule has 0 bridgehead atoms. The second-order valence-corrected chi connectivity index (χ2v) is 8.25. The van der Waals surface area contributed by atoms with Crippen molar-refractivity contribution in [3.05, 3.63) is 64.2 Å². The van der Waals surface area contributed by atoms with Crippen LogP contribution in [0.2, 0.25) is 0 Å². The molecule has 7 heteroatoms. The highest BCUT2D eigenvalue weighted by atomic mass is 16.6. The van der Waals surface area contributed by atoms with Gasteiger partial charge in [0.25, 0.3) is 5.69 Å². The number of benzene rings is 2. The van der Waals surface area contributed by atoms with Gasteiger partial charge in [-0.15, -0.1) is 0 Å². The highest BCUT2D eigenvalue weighted by molar-refractivity contribution is 5.91. The van der Waals surface area contributed by atoms with Gasteiger partial charge in [0.05, 0.1) is 4.92 Å². The lowest BCUT2D eigenvalue weighted by molar-refractivity contribution is -0.384. The third kappa shape index (κ3) is 7.07. The number of hydrogen-bond donors (Lipinski definition) is 2. The standard InChI is InChI=1S/C24H32N4O3/c1-27(21-9-3-2-4-10-21)18-19-8-5-6-11-23(19)26-24(29)12-7-17-25-20-13-15-22(16-14-20)28(30)31/h5-6,8,11,13-16,21,25H,2-4,7,9-10,12,17-18H2,1H3,(H,26,29). The van der Waals surface area contributed by atoms with Gasteiger partial charge in [-0.05, 0) is 50.1 Å². The normalized spacial score (nSPS) is 14.4. The van der Waals surface area contributed by atoms with Crippen molar-refractivity contribution in [3.8, 4) is 0 Å². The van der Waals surface area contributed by atoms with Crippen molar-refractivity contribution >= 4 is 23.0 Å². The Balaban J connectivity index is 1.44. The Morgan fingerprint density at radius 1 is 1.10 bits per heavy atom. The number of amides is 1. The molecule has 31 heavy (non-hydrogen) atoms. The molecule has 166 valence electrons. The average molecular weight is 425 g/mol. The minimum atomic E-state index is -0.418. The van der Waals surface area contributed by atoms with E-state index >= 15 is 0 Å². The first-order valence-corrected chi connectivity index (χ1v) is 11.1. The Morgan fingerprint density at radius 3 is 2.52 bits per heavy atom. The van der Waals surface area contributed by atoms with Gasteiger partial charge in [-0.25, -0.2) is 0 Å². The molecule has 0 aromatic heterocycles. The van der Waals surface area contributed by atoms with E-state index in [9.17, 15) is 14.9 Å². The number of anilines is 2. The van der Waals surface area contributed by atoms with Gasteiger partial charge >= 0.3 is 0 Å². The Bertz CT molecular complexity index is 863. The summed E-state index contributed by atoms with van der Waals surface area (Å²) in [5.74, 6) is -0.00160. The van der Waals surface area contributed by atoms with Crippen LogP contribution in [-0.4, -0.2) is 35.4 Å². The molecule has 0 spiro atoms. The molecule has 0 atom stereocenters. The van der Waals surface area contributed by atoms with Crippen LogP contribution in [0.15, 0.2) is 48.5 Å². The van der Waals surface area contributed by atoms with Crippen LogP contribution in [0.3, 0.4) is 0 Å². The molecule has 1 amide bonds. The lowest BCUT2D eigenvalue weighted by Crippen LogP contribution is -2.33. The number of para-hydroxylation sites is 1. The van der Waals surface area contributed by atoms with Crippen LogP contribution in [0.25, 0.3) is 0 Å². The van der Waals surface area contributed by atoms with Gasteiger partial charge in [0.1, 0.15) is 0 Å².